The zero-order valence-electron chi connectivity index (χ0n) is 18.4. The number of ether oxygens (including phenoxy) is 1. The Morgan fingerprint density at radius 3 is 2.29 bits per heavy atom. The molecule has 3 aromatic carbocycles. The van der Waals surface area contributed by atoms with E-state index >= 15 is 0 Å². The maximum atomic E-state index is 13.6. The highest BCUT2D eigenvalue weighted by Crippen LogP contribution is 2.41. The summed E-state index contributed by atoms with van der Waals surface area (Å²) in [5, 5.41) is 0.655. The van der Waals surface area contributed by atoms with Crippen LogP contribution in [0.3, 0.4) is 0 Å². The quantitative estimate of drug-likeness (QED) is 0.204. The van der Waals surface area contributed by atoms with Crippen LogP contribution in [0.4, 0.5) is 5.69 Å². The standard InChI is InChI=1S/C27H22Br2N2O2S/c1-3-14-33-25-22(28)15-19(16-23(25)29)17-24-26(32)31(18(2)20-10-6-4-7-11-20)27(34-24)30-21-12-8-5-9-13-21/h3-13,15-18H,1,14H2,2H3/b24-17+,30-27?/t18-/m0/s1. The molecule has 1 saturated heterocycles. The first-order chi connectivity index (χ1) is 16.5. The lowest BCUT2D eigenvalue weighted by atomic mass is 10.1. The fraction of sp³-hybridized carbons (Fsp3) is 0.111. The van der Waals surface area contributed by atoms with Crippen LogP contribution in [0.5, 0.6) is 5.75 Å². The van der Waals surface area contributed by atoms with Crippen LogP contribution in [0.2, 0.25) is 0 Å². The van der Waals surface area contributed by atoms with E-state index in [0.717, 1.165) is 25.8 Å². The highest BCUT2D eigenvalue weighted by molar-refractivity contribution is 9.11. The van der Waals surface area contributed by atoms with E-state index in [0.29, 0.717) is 22.4 Å². The first kappa shape index (κ1) is 24.5. The summed E-state index contributed by atoms with van der Waals surface area (Å²) in [4.78, 5) is 20.8. The predicted octanol–water partition coefficient (Wildman–Crippen LogP) is 8.14. The number of carbonyl (C=O) groups excluding carboxylic acids is 1. The molecule has 1 aliphatic rings. The molecule has 7 heteroatoms. The summed E-state index contributed by atoms with van der Waals surface area (Å²) >= 11 is 8.52. The molecule has 0 unspecified atom stereocenters. The molecule has 0 aromatic heterocycles. The van der Waals surface area contributed by atoms with Crippen molar-refractivity contribution in [2.45, 2.75) is 13.0 Å². The molecule has 0 radical (unpaired) electrons. The molecule has 0 spiro atoms. The van der Waals surface area contributed by atoms with Crippen molar-refractivity contribution < 1.29 is 9.53 Å². The molecule has 3 aromatic rings. The van der Waals surface area contributed by atoms with Crippen molar-refractivity contribution in [3.05, 3.63) is 110 Å². The minimum Gasteiger partial charge on any atom is -0.487 e. The molecule has 4 rings (SSSR count). The highest BCUT2D eigenvalue weighted by Gasteiger charge is 2.37. The molecule has 0 bridgehead atoms. The number of rotatable bonds is 7. The molecule has 0 N–H and O–H groups in total. The van der Waals surface area contributed by atoms with Crippen LogP contribution >= 0.6 is 43.6 Å². The summed E-state index contributed by atoms with van der Waals surface area (Å²) in [5.74, 6) is 0.619. The number of hydrogen-bond donors (Lipinski definition) is 0. The Bertz CT molecular complexity index is 1240. The zero-order chi connectivity index (χ0) is 24.1. The molecule has 1 fully saturated rings. The largest absolute Gasteiger partial charge is 0.487 e. The van der Waals surface area contributed by atoms with E-state index in [1.165, 1.54) is 11.8 Å². The third kappa shape index (κ3) is 5.54. The first-order valence-electron chi connectivity index (χ1n) is 10.6. The number of carbonyl (C=O) groups is 1. The Morgan fingerprint density at radius 2 is 1.68 bits per heavy atom. The third-order valence-corrected chi connectivity index (χ3v) is 7.31. The molecule has 1 amide bonds. The van der Waals surface area contributed by atoms with E-state index in [4.69, 9.17) is 9.73 Å². The van der Waals surface area contributed by atoms with Gasteiger partial charge in [0, 0.05) is 0 Å². The number of amides is 1. The van der Waals surface area contributed by atoms with E-state index in [1.54, 1.807) is 11.0 Å². The zero-order valence-corrected chi connectivity index (χ0v) is 22.4. The minimum atomic E-state index is -0.164. The van der Waals surface area contributed by atoms with Crippen LogP contribution in [-0.2, 0) is 4.79 Å². The second kappa shape index (κ2) is 11.2. The summed E-state index contributed by atoms with van der Waals surface area (Å²) in [6.07, 6.45) is 3.58. The topological polar surface area (TPSA) is 41.9 Å². The van der Waals surface area contributed by atoms with E-state index in [2.05, 4.69) is 38.4 Å². The van der Waals surface area contributed by atoms with Crippen LogP contribution in [0.15, 0.2) is 104 Å². The average molecular weight is 598 g/mol. The van der Waals surface area contributed by atoms with Crippen LogP contribution in [0, 0.1) is 0 Å². The molecular formula is C27H22Br2N2O2S. The number of nitrogens with zero attached hydrogens (tertiary/aromatic N) is 2. The SMILES string of the molecule is C=CCOc1c(Br)cc(/C=C2/SC(=Nc3ccccc3)N([C@@H](C)c3ccccc3)C2=O)cc1Br. The van der Waals surface area contributed by atoms with Crippen molar-refractivity contribution in [1.29, 1.82) is 0 Å². The fourth-order valence-corrected chi connectivity index (χ4v) is 6.01. The Morgan fingerprint density at radius 1 is 1.06 bits per heavy atom. The van der Waals surface area contributed by atoms with Gasteiger partial charge in [0.15, 0.2) is 5.17 Å². The van der Waals surface area contributed by atoms with Gasteiger partial charge in [0.1, 0.15) is 12.4 Å². The second-order valence-corrected chi connectivity index (χ2v) is 10.2. The molecular weight excluding hydrogens is 576 g/mol. The smallest absolute Gasteiger partial charge is 0.267 e. The van der Waals surface area contributed by atoms with Gasteiger partial charge in [-0.2, -0.15) is 0 Å². The van der Waals surface area contributed by atoms with Gasteiger partial charge in [-0.1, -0.05) is 61.2 Å². The van der Waals surface area contributed by atoms with Crippen LogP contribution in [0.25, 0.3) is 6.08 Å². The third-order valence-electron chi connectivity index (χ3n) is 5.15. The van der Waals surface area contributed by atoms with E-state index < -0.39 is 0 Å². The molecule has 172 valence electrons. The molecule has 4 nitrogen and oxygen atoms in total. The Balaban J connectivity index is 1.72. The number of halogens is 2. The molecule has 34 heavy (non-hydrogen) atoms. The number of thioether (sulfide) groups is 1. The summed E-state index contributed by atoms with van der Waals surface area (Å²) in [5.41, 5.74) is 2.72. The number of aliphatic imine (C=N–C) groups is 1. The maximum absolute atomic E-state index is 13.6. The monoisotopic (exact) mass is 596 g/mol. The highest BCUT2D eigenvalue weighted by atomic mass is 79.9. The summed E-state index contributed by atoms with van der Waals surface area (Å²) in [7, 11) is 0. The predicted molar refractivity (Wildman–Crippen MR) is 148 cm³/mol. The molecule has 1 heterocycles. The van der Waals surface area contributed by atoms with Crippen LogP contribution in [-0.4, -0.2) is 22.6 Å². The normalized spacial score (nSPS) is 16.8. The van der Waals surface area contributed by atoms with Crippen LogP contribution in [0.1, 0.15) is 24.1 Å². The van der Waals surface area contributed by atoms with Gasteiger partial charge in [0.05, 0.1) is 25.6 Å². The molecule has 0 saturated carbocycles. The van der Waals surface area contributed by atoms with Crippen molar-refractivity contribution in [3.63, 3.8) is 0 Å². The summed E-state index contributed by atoms with van der Waals surface area (Å²) in [6.45, 7) is 6.11. The molecule has 1 atom stereocenters. The summed E-state index contributed by atoms with van der Waals surface area (Å²) in [6, 6.07) is 23.4. The molecule has 1 aliphatic heterocycles. The van der Waals surface area contributed by atoms with Crippen molar-refractivity contribution in [1.82, 2.24) is 4.90 Å². The lowest BCUT2D eigenvalue weighted by Crippen LogP contribution is -2.32. The van der Waals surface area contributed by atoms with Gasteiger partial charge in [-0.25, -0.2) is 4.99 Å². The number of benzene rings is 3. The Kier molecular flexibility index (Phi) is 8.08. The van der Waals surface area contributed by atoms with Gasteiger partial charge in [-0.3, -0.25) is 9.69 Å². The Labute approximate surface area is 220 Å². The average Bonchev–Trinajstić information content (AvgIpc) is 3.13. The minimum absolute atomic E-state index is 0.0738. The lowest BCUT2D eigenvalue weighted by Gasteiger charge is -2.24. The molecule has 0 aliphatic carbocycles. The van der Waals surface area contributed by atoms with Crippen molar-refractivity contribution in [2.24, 2.45) is 4.99 Å². The van der Waals surface area contributed by atoms with Gasteiger partial charge in [-0.15, -0.1) is 0 Å². The van der Waals surface area contributed by atoms with E-state index in [1.807, 2.05) is 85.8 Å². The second-order valence-electron chi connectivity index (χ2n) is 7.52. The van der Waals surface area contributed by atoms with Gasteiger partial charge in [-0.05, 0) is 92.0 Å². The number of hydrogen-bond acceptors (Lipinski definition) is 4. The van der Waals surface area contributed by atoms with E-state index in [9.17, 15) is 4.79 Å². The van der Waals surface area contributed by atoms with Gasteiger partial charge in [0.25, 0.3) is 5.91 Å². The van der Waals surface area contributed by atoms with Gasteiger partial charge in [0.2, 0.25) is 0 Å². The first-order valence-corrected chi connectivity index (χ1v) is 13.0. The van der Waals surface area contributed by atoms with Crippen LogP contribution < -0.4 is 4.74 Å². The number of amidine groups is 1. The maximum Gasteiger partial charge on any atom is 0.267 e. The van der Waals surface area contributed by atoms with Gasteiger partial charge < -0.3 is 4.74 Å². The number of para-hydroxylation sites is 1. The van der Waals surface area contributed by atoms with Crippen molar-refractivity contribution in [3.8, 4) is 5.75 Å². The van der Waals surface area contributed by atoms with Crippen molar-refractivity contribution >= 4 is 66.5 Å². The van der Waals surface area contributed by atoms with Gasteiger partial charge >= 0.3 is 0 Å². The lowest BCUT2D eigenvalue weighted by molar-refractivity contribution is -0.123. The van der Waals surface area contributed by atoms with E-state index in [-0.39, 0.29) is 11.9 Å². The fourth-order valence-electron chi connectivity index (χ4n) is 3.49. The summed E-state index contributed by atoms with van der Waals surface area (Å²) < 4.78 is 7.29. The van der Waals surface area contributed by atoms with Crippen molar-refractivity contribution in [2.75, 3.05) is 6.61 Å². The Hall–Kier alpha value is -2.61.